The van der Waals surface area contributed by atoms with Crippen LogP contribution in [0.5, 0.6) is 5.75 Å². The van der Waals surface area contributed by atoms with Crippen LogP contribution in [0.1, 0.15) is 30.6 Å². The van der Waals surface area contributed by atoms with Crippen LogP contribution in [0.3, 0.4) is 0 Å². The summed E-state index contributed by atoms with van der Waals surface area (Å²) in [6.45, 7) is 1.67. The zero-order valence-corrected chi connectivity index (χ0v) is 15.5. The second-order valence-corrected chi connectivity index (χ2v) is 6.95. The van der Waals surface area contributed by atoms with Crippen molar-refractivity contribution in [1.82, 2.24) is 10.2 Å². The minimum absolute atomic E-state index is 0.0627. The number of ether oxygens (including phenoxy) is 1. The van der Waals surface area contributed by atoms with Crippen molar-refractivity contribution in [3.63, 3.8) is 0 Å². The minimum Gasteiger partial charge on any atom is -0.497 e. The van der Waals surface area contributed by atoms with E-state index in [2.05, 4.69) is 5.32 Å². The Kier molecular flexibility index (Phi) is 5.46. The molecule has 0 aliphatic carbocycles. The van der Waals surface area contributed by atoms with Gasteiger partial charge in [0.1, 0.15) is 11.3 Å². The van der Waals surface area contributed by atoms with E-state index in [0.717, 1.165) is 16.2 Å². The number of aliphatic hydroxyl groups is 1. The van der Waals surface area contributed by atoms with Crippen molar-refractivity contribution in [3.8, 4) is 5.75 Å². The fourth-order valence-corrected chi connectivity index (χ4v) is 3.22. The van der Waals surface area contributed by atoms with E-state index in [0.29, 0.717) is 18.4 Å². The number of aryl methyl sites for hydroxylation is 1. The number of imide groups is 1. The summed E-state index contributed by atoms with van der Waals surface area (Å²) in [5.41, 5.74) is 0.750. The lowest BCUT2D eigenvalue weighted by molar-refractivity contribution is -0.132. The highest BCUT2D eigenvalue weighted by molar-refractivity contribution is 6.06. The Morgan fingerprint density at radius 3 is 2.41 bits per heavy atom. The van der Waals surface area contributed by atoms with Crippen LogP contribution in [0, 0.1) is 0 Å². The maximum atomic E-state index is 12.8. The van der Waals surface area contributed by atoms with E-state index in [-0.39, 0.29) is 12.5 Å². The highest BCUT2D eigenvalue weighted by Crippen LogP contribution is 2.26. The summed E-state index contributed by atoms with van der Waals surface area (Å²) < 4.78 is 5.14. The Bertz CT molecular complexity index is 807. The van der Waals surface area contributed by atoms with E-state index < -0.39 is 17.7 Å². The standard InChI is InChI=1S/C21H24N2O4/c1-21(13-12-15-8-10-17(27-2)11-9-15)19(25)23(20(26)22-21)14-18(24)16-6-4-3-5-7-16/h3-11,18,24H,12-14H2,1-2H3,(H,22,26)/t18-,21-/m0/s1. The highest BCUT2D eigenvalue weighted by Gasteiger charge is 2.47. The number of carbonyl (C=O) groups is 2. The molecule has 6 nitrogen and oxygen atoms in total. The van der Waals surface area contributed by atoms with Crippen LogP contribution in [-0.4, -0.2) is 41.1 Å². The fourth-order valence-electron chi connectivity index (χ4n) is 3.22. The summed E-state index contributed by atoms with van der Waals surface area (Å²) in [4.78, 5) is 26.3. The molecule has 2 aromatic rings. The monoisotopic (exact) mass is 368 g/mol. The first-order chi connectivity index (χ1) is 12.9. The molecule has 1 aliphatic heterocycles. The van der Waals surface area contributed by atoms with Crippen LogP contribution in [-0.2, 0) is 11.2 Å². The first-order valence-corrected chi connectivity index (χ1v) is 8.93. The first-order valence-electron chi connectivity index (χ1n) is 8.93. The van der Waals surface area contributed by atoms with Crippen molar-refractivity contribution in [3.05, 3.63) is 65.7 Å². The number of nitrogens with zero attached hydrogens (tertiary/aromatic N) is 1. The predicted octanol–water partition coefficient (Wildman–Crippen LogP) is 2.67. The van der Waals surface area contributed by atoms with Crippen LogP contribution in [0.15, 0.2) is 54.6 Å². The van der Waals surface area contributed by atoms with Crippen molar-refractivity contribution in [2.45, 2.75) is 31.4 Å². The molecule has 6 heteroatoms. The van der Waals surface area contributed by atoms with Gasteiger partial charge in [-0.25, -0.2) is 4.79 Å². The Morgan fingerprint density at radius 1 is 1.11 bits per heavy atom. The third kappa shape index (κ3) is 4.11. The molecular weight excluding hydrogens is 344 g/mol. The number of methoxy groups -OCH3 is 1. The summed E-state index contributed by atoms with van der Waals surface area (Å²) in [6, 6.07) is 16.2. The molecule has 2 aromatic carbocycles. The molecule has 142 valence electrons. The van der Waals surface area contributed by atoms with Gasteiger partial charge in [-0.1, -0.05) is 42.5 Å². The molecule has 27 heavy (non-hydrogen) atoms. The molecule has 2 N–H and O–H groups in total. The van der Waals surface area contributed by atoms with E-state index in [9.17, 15) is 14.7 Å². The molecule has 0 radical (unpaired) electrons. The maximum Gasteiger partial charge on any atom is 0.325 e. The van der Waals surface area contributed by atoms with Crippen molar-refractivity contribution >= 4 is 11.9 Å². The number of carbonyl (C=O) groups excluding carboxylic acids is 2. The molecule has 0 unspecified atom stereocenters. The summed E-state index contributed by atoms with van der Waals surface area (Å²) in [6.07, 6.45) is 0.202. The average molecular weight is 368 g/mol. The summed E-state index contributed by atoms with van der Waals surface area (Å²) in [5, 5.41) is 13.1. The number of aliphatic hydroxyl groups excluding tert-OH is 1. The van der Waals surface area contributed by atoms with Crippen molar-refractivity contribution < 1.29 is 19.4 Å². The topological polar surface area (TPSA) is 78.9 Å². The Balaban J connectivity index is 1.64. The molecule has 1 heterocycles. The van der Waals surface area contributed by atoms with Gasteiger partial charge < -0.3 is 15.2 Å². The number of benzene rings is 2. The number of β-amino-alcohol motifs (C(OH)–C–C–N with tert-alkyl or cyclic N) is 1. The van der Waals surface area contributed by atoms with Gasteiger partial charge in [-0.3, -0.25) is 9.69 Å². The van der Waals surface area contributed by atoms with Crippen LogP contribution in [0.4, 0.5) is 4.79 Å². The largest absolute Gasteiger partial charge is 0.497 e. The third-order valence-electron chi connectivity index (χ3n) is 4.96. The maximum absolute atomic E-state index is 12.8. The first kappa shape index (κ1) is 18.9. The number of nitrogens with one attached hydrogen (secondary N) is 1. The number of hydrogen-bond acceptors (Lipinski definition) is 4. The van der Waals surface area contributed by atoms with Crippen LogP contribution in [0.25, 0.3) is 0 Å². The Labute approximate surface area is 158 Å². The smallest absolute Gasteiger partial charge is 0.325 e. The van der Waals surface area contributed by atoms with E-state index in [4.69, 9.17) is 4.74 Å². The van der Waals surface area contributed by atoms with Crippen molar-refractivity contribution in [1.29, 1.82) is 0 Å². The van der Waals surface area contributed by atoms with Gasteiger partial charge in [0.25, 0.3) is 5.91 Å². The molecule has 1 aliphatic rings. The van der Waals surface area contributed by atoms with Gasteiger partial charge in [-0.15, -0.1) is 0 Å². The minimum atomic E-state index is -0.979. The van der Waals surface area contributed by atoms with Gasteiger partial charge in [0, 0.05) is 0 Å². The predicted molar refractivity (Wildman–Crippen MR) is 101 cm³/mol. The SMILES string of the molecule is COc1ccc(CC[C@]2(C)NC(=O)N(C[C@H](O)c3ccccc3)C2=O)cc1. The zero-order chi connectivity index (χ0) is 19.4. The van der Waals surface area contributed by atoms with Gasteiger partial charge in [0.05, 0.1) is 19.8 Å². The molecule has 1 fully saturated rings. The van der Waals surface area contributed by atoms with E-state index in [1.54, 1.807) is 26.2 Å². The lowest BCUT2D eigenvalue weighted by atomic mass is 9.93. The molecule has 0 aromatic heterocycles. The van der Waals surface area contributed by atoms with E-state index >= 15 is 0 Å². The molecule has 2 atom stereocenters. The van der Waals surface area contributed by atoms with Crippen LogP contribution < -0.4 is 10.1 Å². The number of amides is 3. The Morgan fingerprint density at radius 2 is 1.78 bits per heavy atom. The second-order valence-electron chi connectivity index (χ2n) is 6.95. The number of urea groups is 1. The summed E-state index contributed by atoms with van der Waals surface area (Å²) >= 11 is 0. The van der Waals surface area contributed by atoms with Crippen LogP contribution >= 0.6 is 0 Å². The highest BCUT2D eigenvalue weighted by atomic mass is 16.5. The quantitative estimate of drug-likeness (QED) is 0.737. The normalized spacial score (nSPS) is 20.5. The van der Waals surface area contributed by atoms with Crippen LogP contribution in [0.2, 0.25) is 0 Å². The van der Waals surface area contributed by atoms with Gasteiger partial charge >= 0.3 is 6.03 Å². The van der Waals surface area contributed by atoms with Gasteiger partial charge in [0.15, 0.2) is 0 Å². The van der Waals surface area contributed by atoms with Gasteiger partial charge in [-0.05, 0) is 43.0 Å². The summed E-state index contributed by atoms with van der Waals surface area (Å²) in [7, 11) is 1.61. The van der Waals surface area contributed by atoms with Crippen molar-refractivity contribution in [2.24, 2.45) is 0 Å². The van der Waals surface area contributed by atoms with Crippen molar-refractivity contribution in [2.75, 3.05) is 13.7 Å². The Hall–Kier alpha value is -2.86. The average Bonchev–Trinajstić information content (AvgIpc) is 2.91. The van der Waals surface area contributed by atoms with E-state index in [1.807, 2.05) is 42.5 Å². The molecule has 3 rings (SSSR count). The lowest BCUT2D eigenvalue weighted by Crippen LogP contribution is -2.44. The number of hydrogen-bond donors (Lipinski definition) is 2. The van der Waals surface area contributed by atoms with E-state index in [1.165, 1.54) is 0 Å². The zero-order valence-electron chi connectivity index (χ0n) is 15.5. The fraction of sp³-hybridized carbons (Fsp3) is 0.333. The second kappa shape index (κ2) is 7.80. The van der Waals surface area contributed by atoms with Gasteiger partial charge in [-0.2, -0.15) is 0 Å². The lowest BCUT2D eigenvalue weighted by Gasteiger charge is -2.22. The van der Waals surface area contributed by atoms with Gasteiger partial charge in [0.2, 0.25) is 0 Å². The molecule has 1 saturated heterocycles. The number of rotatable bonds is 7. The molecule has 0 saturated carbocycles. The third-order valence-corrected chi connectivity index (χ3v) is 4.96. The molecule has 0 bridgehead atoms. The molecular formula is C21H24N2O4. The molecule has 0 spiro atoms. The molecule has 3 amide bonds. The summed E-state index contributed by atoms with van der Waals surface area (Å²) in [5.74, 6) is 0.465.